The smallest absolute Gasteiger partial charge is 0.0820 e. The Labute approximate surface area is 95.2 Å². The lowest BCUT2D eigenvalue weighted by Crippen LogP contribution is -2.08. The zero-order chi connectivity index (χ0) is 11.5. The standard InChI is InChI=1S/C14H16O2/c1-10(15)9-14(16)13-8-4-6-11-5-2-3-7-12(11)13/h2-8,10,14-16H,9H2,1H3. The van der Waals surface area contributed by atoms with Gasteiger partial charge in [-0.05, 0) is 23.3 Å². The summed E-state index contributed by atoms with van der Waals surface area (Å²) in [4.78, 5) is 0. The third-order valence-electron chi connectivity index (χ3n) is 2.75. The van der Waals surface area contributed by atoms with Crippen molar-refractivity contribution in [3.8, 4) is 0 Å². The molecule has 2 aromatic rings. The highest BCUT2D eigenvalue weighted by molar-refractivity contribution is 5.85. The Morgan fingerprint density at radius 1 is 1.00 bits per heavy atom. The molecule has 0 aromatic heterocycles. The van der Waals surface area contributed by atoms with Crippen LogP contribution in [0.25, 0.3) is 10.8 Å². The predicted octanol–water partition coefficient (Wildman–Crippen LogP) is 2.64. The number of aliphatic hydroxyl groups excluding tert-OH is 2. The van der Waals surface area contributed by atoms with Crippen LogP contribution >= 0.6 is 0 Å². The van der Waals surface area contributed by atoms with E-state index in [1.165, 1.54) is 0 Å². The van der Waals surface area contributed by atoms with Crippen molar-refractivity contribution in [2.24, 2.45) is 0 Å². The van der Waals surface area contributed by atoms with E-state index in [9.17, 15) is 10.2 Å². The number of benzene rings is 2. The van der Waals surface area contributed by atoms with Crippen LogP contribution in [0.2, 0.25) is 0 Å². The fraction of sp³-hybridized carbons (Fsp3) is 0.286. The van der Waals surface area contributed by atoms with Gasteiger partial charge in [0.1, 0.15) is 0 Å². The van der Waals surface area contributed by atoms with Crippen LogP contribution in [-0.4, -0.2) is 16.3 Å². The van der Waals surface area contributed by atoms with Crippen LogP contribution in [0.15, 0.2) is 42.5 Å². The van der Waals surface area contributed by atoms with Gasteiger partial charge in [0.05, 0.1) is 12.2 Å². The van der Waals surface area contributed by atoms with Crippen molar-refractivity contribution in [3.05, 3.63) is 48.0 Å². The first-order chi connectivity index (χ1) is 7.68. The molecule has 0 radical (unpaired) electrons. The van der Waals surface area contributed by atoms with Crippen LogP contribution in [-0.2, 0) is 0 Å². The van der Waals surface area contributed by atoms with E-state index in [0.29, 0.717) is 6.42 Å². The first-order valence-electron chi connectivity index (χ1n) is 5.52. The highest BCUT2D eigenvalue weighted by Gasteiger charge is 2.12. The second kappa shape index (κ2) is 4.64. The summed E-state index contributed by atoms with van der Waals surface area (Å²) in [7, 11) is 0. The second-order valence-corrected chi connectivity index (χ2v) is 4.17. The predicted molar refractivity (Wildman–Crippen MR) is 65.2 cm³/mol. The molecule has 2 aromatic carbocycles. The fourth-order valence-corrected chi connectivity index (χ4v) is 1.99. The lowest BCUT2D eigenvalue weighted by Gasteiger charge is -2.15. The largest absolute Gasteiger partial charge is 0.393 e. The summed E-state index contributed by atoms with van der Waals surface area (Å²) in [5, 5.41) is 21.5. The number of hydrogen-bond acceptors (Lipinski definition) is 2. The molecule has 84 valence electrons. The lowest BCUT2D eigenvalue weighted by atomic mass is 9.97. The van der Waals surface area contributed by atoms with Gasteiger partial charge < -0.3 is 10.2 Å². The summed E-state index contributed by atoms with van der Waals surface area (Å²) in [5.41, 5.74) is 0.888. The maximum Gasteiger partial charge on any atom is 0.0820 e. The number of rotatable bonds is 3. The quantitative estimate of drug-likeness (QED) is 0.828. The van der Waals surface area contributed by atoms with Crippen molar-refractivity contribution in [2.75, 3.05) is 0 Å². The average molecular weight is 216 g/mol. The molecule has 0 saturated heterocycles. The summed E-state index contributed by atoms with van der Waals surface area (Å²) >= 11 is 0. The van der Waals surface area contributed by atoms with Gasteiger partial charge in [0, 0.05) is 6.42 Å². The van der Waals surface area contributed by atoms with Gasteiger partial charge in [-0.25, -0.2) is 0 Å². The number of hydrogen-bond donors (Lipinski definition) is 2. The summed E-state index contributed by atoms with van der Waals surface area (Å²) in [5.74, 6) is 0. The average Bonchev–Trinajstić information content (AvgIpc) is 2.27. The molecule has 0 amide bonds. The normalized spacial score (nSPS) is 14.9. The molecular formula is C14H16O2. The van der Waals surface area contributed by atoms with Crippen LogP contribution in [0, 0.1) is 0 Å². The molecule has 0 aliphatic rings. The van der Waals surface area contributed by atoms with Gasteiger partial charge in [-0.3, -0.25) is 0 Å². The number of aliphatic hydroxyl groups is 2. The Hall–Kier alpha value is -1.38. The molecule has 2 heteroatoms. The van der Waals surface area contributed by atoms with Crippen LogP contribution < -0.4 is 0 Å². The zero-order valence-electron chi connectivity index (χ0n) is 9.30. The molecule has 16 heavy (non-hydrogen) atoms. The SMILES string of the molecule is CC(O)CC(O)c1cccc2ccccc12. The van der Waals surface area contributed by atoms with Crippen molar-refractivity contribution in [3.63, 3.8) is 0 Å². The van der Waals surface area contributed by atoms with E-state index in [1.54, 1.807) is 6.92 Å². The summed E-state index contributed by atoms with van der Waals surface area (Å²) in [6, 6.07) is 13.8. The van der Waals surface area contributed by atoms with Gasteiger partial charge in [-0.15, -0.1) is 0 Å². The van der Waals surface area contributed by atoms with Gasteiger partial charge in [-0.1, -0.05) is 42.5 Å². The van der Waals surface area contributed by atoms with E-state index >= 15 is 0 Å². The zero-order valence-corrected chi connectivity index (χ0v) is 9.30. The molecule has 0 bridgehead atoms. The van der Waals surface area contributed by atoms with Gasteiger partial charge >= 0.3 is 0 Å². The van der Waals surface area contributed by atoms with E-state index in [-0.39, 0.29) is 0 Å². The van der Waals surface area contributed by atoms with Crippen LogP contribution in [0.3, 0.4) is 0 Å². The third-order valence-corrected chi connectivity index (χ3v) is 2.75. The van der Waals surface area contributed by atoms with Crippen molar-refractivity contribution < 1.29 is 10.2 Å². The Morgan fingerprint density at radius 2 is 1.69 bits per heavy atom. The molecule has 2 nitrogen and oxygen atoms in total. The minimum atomic E-state index is -0.605. The highest BCUT2D eigenvalue weighted by atomic mass is 16.3. The topological polar surface area (TPSA) is 40.5 Å². The molecule has 0 aliphatic carbocycles. The van der Waals surface area contributed by atoms with Crippen LogP contribution in [0.1, 0.15) is 25.0 Å². The molecule has 2 rings (SSSR count). The molecule has 2 unspecified atom stereocenters. The summed E-state index contributed by atoms with van der Waals surface area (Å²) in [6.45, 7) is 1.69. The maximum atomic E-state index is 10.0. The summed E-state index contributed by atoms with van der Waals surface area (Å²) in [6.07, 6.45) is -0.728. The van der Waals surface area contributed by atoms with Gasteiger partial charge in [0.25, 0.3) is 0 Å². The van der Waals surface area contributed by atoms with Gasteiger partial charge in [0.15, 0.2) is 0 Å². The molecule has 0 heterocycles. The first kappa shape index (κ1) is 11.1. The van der Waals surface area contributed by atoms with E-state index in [1.807, 2.05) is 42.5 Å². The molecule has 2 atom stereocenters. The van der Waals surface area contributed by atoms with Crippen molar-refractivity contribution in [1.29, 1.82) is 0 Å². The summed E-state index contributed by atoms with van der Waals surface area (Å²) < 4.78 is 0. The lowest BCUT2D eigenvalue weighted by molar-refractivity contribution is 0.0916. The molecule has 0 spiro atoms. The Bertz CT molecular complexity index is 472. The second-order valence-electron chi connectivity index (χ2n) is 4.17. The maximum absolute atomic E-state index is 10.0. The monoisotopic (exact) mass is 216 g/mol. The Kier molecular flexibility index (Phi) is 3.22. The number of fused-ring (bicyclic) bond motifs is 1. The molecule has 0 fully saturated rings. The minimum absolute atomic E-state index is 0.369. The minimum Gasteiger partial charge on any atom is -0.393 e. The molecule has 0 aliphatic heterocycles. The third kappa shape index (κ3) is 2.23. The van der Waals surface area contributed by atoms with E-state index in [4.69, 9.17) is 0 Å². The molecule has 2 N–H and O–H groups in total. The van der Waals surface area contributed by atoms with Crippen LogP contribution in [0.4, 0.5) is 0 Å². The van der Waals surface area contributed by atoms with Gasteiger partial charge in [0.2, 0.25) is 0 Å². The Morgan fingerprint density at radius 3 is 2.44 bits per heavy atom. The van der Waals surface area contributed by atoms with Crippen molar-refractivity contribution in [1.82, 2.24) is 0 Å². The molecule has 0 saturated carbocycles. The first-order valence-corrected chi connectivity index (χ1v) is 5.52. The van der Waals surface area contributed by atoms with E-state index in [0.717, 1.165) is 16.3 Å². The van der Waals surface area contributed by atoms with Crippen molar-refractivity contribution in [2.45, 2.75) is 25.6 Å². The molecular weight excluding hydrogens is 200 g/mol. The van der Waals surface area contributed by atoms with Crippen LogP contribution in [0.5, 0.6) is 0 Å². The Balaban J connectivity index is 2.44. The fourth-order valence-electron chi connectivity index (χ4n) is 1.99. The van der Waals surface area contributed by atoms with E-state index < -0.39 is 12.2 Å². The highest BCUT2D eigenvalue weighted by Crippen LogP contribution is 2.26. The van der Waals surface area contributed by atoms with Gasteiger partial charge in [-0.2, -0.15) is 0 Å². The van der Waals surface area contributed by atoms with E-state index in [2.05, 4.69) is 0 Å². The van der Waals surface area contributed by atoms with Crippen molar-refractivity contribution >= 4 is 10.8 Å².